The molecule has 4 rings (SSSR count). The van der Waals surface area contributed by atoms with Crippen molar-refractivity contribution in [3.8, 4) is 10.7 Å². The molecule has 1 aliphatic rings. The Balaban J connectivity index is 1.65. The van der Waals surface area contributed by atoms with Gasteiger partial charge in [-0.05, 0) is 36.6 Å². The SMILES string of the molecule is Clc1ccccc1[C@H]1CCCN1c1nnc(-c2ccccn2)s1. The predicted octanol–water partition coefficient (Wildman–Crippen LogP) is 4.60. The molecular weight excluding hydrogens is 328 g/mol. The normalized spacial score (nSPS) is 17.6. The number of hydrogen-bond acceptors (Lipinski definition) is 5. The molecule has 0 saturated carbocycles. The summed E-state index contributed by atoms with van der Waals surface area (Å²) in [5, 5.41) is 11.3. The summed E-state index contributed by atoms with van der Waals surface area (Å²) in [6, 6.07) is 14.2. The number of aromatic nitrogens is 3. The van der Waals surface area contributed by atoms with Crippen LogP contribution in [0.1, 0.15) is 24.4 Å². The Kier molecular flexibility index (Phi) is 3.97. The highest BCUT2D eigenvalue weighted by molar-refractivity contribution is 7.18. The molecule has 116 valence electrons. The summed E-state index contributed by atoms with van der Waals surface area (Å²) in [5.74, 6) is 0. The minimum absolute atomic E-state index is 0.272. The van der Waals surface area contributed by atoms with Crippen molar-refractivity contribution in [2.45, 2.75) is 18.9 Å². The van der Waals surface area contributed by atoms with Crippen LogP contribution in [0.2, 0.25) is 5.02 Å². The molecule has 6 heteroatoms. The van der Waals surface area contributed by atoms with E-state index in [4.69, 9.17) is 11.6 Å². The number of benzene rings is 1. The second kappa shape index (κ2) is 6.26. The molecule has 4 nitrogen and oxygen atoms in total. The van der Waals surface area contributed by atoms with Crippen molar-refractivity contribution in [1.82, 2.24) is 15.2 Å². The minimum atomic E-state index is 0.272. The first-order valence-corrected chi connectivity index (χ1v) is 8.78. The van der Waals surface area contributed by atoms with E-state index in [1.165, 1.54) is 5.56 Å². The first-order valence-electron chi connectivity index (χ1n) is 7.59. The van der Waals surface area contributed by atoms with Gasteiger partial charge in [-0.3, -0.25) is 4.98 Å². The molecule has 3 heterocycles. The number of halogens is 1. The Morgan fingerprint density at radius 1 is 1.09 bits per heavy atom. The van der Waals surface area contributed by atoms with E-state index in [2.05, 4.69) is 26.1 Å². The van der Waals surface area contributed by atoms with Gasteiger partial charge in [0, 0.05) is 17.8 Å². The number of hydrogen-bond donors (Lipinski definition) is 0. The molecule has 0 N–H and O–H groups in total. The molecule has 1 atom stereocenters. The van der Waals surface area contributed by atoms with Crippen molar-refractivity contribution >= 4 is 28.1 Å². The molecule has 1 saturated heterocycles. The van der Waals surface area contributed by atoms with Crippen molar-refractivity contribution in [3.63, 3.8) is 0 Å². The summed E-state index contributed by atoms with van der Waals surface area (Å²) in [4.78, 5) is 6.66. The van der Waals surface area contributed by atoms with Crippen LogP contribution in [0.3, 0.4) is 0 Å². The lowest BCUT2D eigenvalue weighted by Gasteiger charge is -2.24. The van der Waals surface area contributed by atoms with Crippen LogP contribution in [-0.4, -0.2) is 21.7 Å². The van der Waals surface area contributed by atoms with E-state index in [-0.39, 0.29) is 6.04 Å². The van der Waals surface area contributed by atoms with E-state index < -0.39 is 0 Å². The summed E-state index contributed by atoms with van der Waals surface area (Å²) in [6.07, 6.45) is 4.00. The van der Waals surface area contributed by atoms with Crippen molar-refractivity contribution < 1.29 is 0 Å². The summed E-state index contributed by atoms with van der Waals surface area (Å²) in [5.41, 5.74) is 2.03. The molecule has 0 aliphatic carbocycles. The van der Waals surface area contributed by atoms with Crippen LogP contribution in [0.5, 0.6) is 0 Å². The second-order valence-electron chi connectivity index (χ2n) is 5.48. The summed E-state index contributed by atoms with van der Waals surface area (Å²) in [7, 11) is 0. The fraction of sp³-hybridized carbons (Fsp3) is 0.235. The van der Waals surface area contributed by atoms with E-state index in [0.717, 1.165) is 40.2 Å². The molecule has 1 aliphatic heterocycles. The molecule has 0 radical (unpaired) electrons. The summed E-state index contributed by atoms with van der Waals surface area (Å²) < 4.78 is 0. The Hall–Kier alpha value is -1.98. The van der Waals surface area contributed by atoms with Crippen LogP contribution in [0.25, 0.3) is 10.7 Å². The maximum Gasteiger partial charge on any atom is 0.209 e. The predicted molar refractivity (Wildman–Crippen MR) is 93.9 cm³/mol. The molecule has 23 heavy (non-hydrogen) atoms. The van der Waals surface area contributed by atoms with Crippen molar-refractivity contribution in [1.29, 1.82) is 0 Å². The van der Waals surface area contributed by atoms with E-state index >= 15 is 0 Å². The molecule has 0 bridgehead atoms. The Morgan fingerprint density at radius 3 is 2.78 bits per heavy atom. The fourth-order valence-electron chi connectivity index (χ4n) is 2.99. The molecule has 0 unspecified atom stereocenters. The highest BCUT2D eigenvalue weighted by atomic mass is 35.5. The van der Waals surface area contributed by atoms with E-state index in [1.54, 1.807) is 17.5 Å². The Labute approximate surface area is 143 Å². The monoisotopic (exact) mass is 342 g/mol. The standard InChI is InChI=1S/C17H15ClN4S/c18-13-7-2-1-6-12(13)15-9-5-11-22(15)17-21-20-16(23-17)14-8-3-4-10-19-14/h1-4,6-8,10,15H,5,9,11H2/t15-/m1/s1. The van der Waals surface area contributed by atoms with E-state index in [9.17, 15) is 0 Å². The fourth-order valence-corrected chi connectivity index (χ4v) is 4.15. The van der Waals surface area contributed by atoms with Crippen LogP contribution >= 0.6 is 22.9 Å². The third kappa shape index (κ3) is 2.82. The van der Waals surface area contributed by atoms with Crippen molar-refractivity contribution in [2.75, 3.05) is 11.4 Å². The zero-order valence-corrected chi connectivity index (χ0v) is 14.0. The van der Waals surface area contributed by atoms with Gasteiger partial charge in [-0.15, -0.1) is 10.2 Å². The molecular formula is C17H15ClN4S. The van der Waals surface area contributed by atoms with Crippen molar-refractivity contribution in [3.05, 3.63) is 59.2 Å². The maximum absolute atomic E-state index is 6.39. The lowest BCUT2D eigenvalue weighted by atomic mass is 10.0. The lowest BCUT2D eigenvalue weighted by molar-refractivity contribution is 0.714. The van der Waals surface area contributed by atoms with Gasteiger partial charge in [-0.1, -0.05) is 47.2 Å². The second-order valence-corrected chi connectivity index (χ2v) is 6.84. The Bertz CT molecular complexity index is 805. The van der Waals surface area contributed by atoms with Gasteiger partial charge in [-0.25, -0.2) is 0 Å². The van der Waals surface area contributed by atoms with Gasteiger partial charge in [-0.2, -0.15) is 0 Å². The van der Waals surface area contributed by atoms with E-state index in [1.807, 2.05) is 36.4 Å². The maximum atomic E-state index is 6.39. The topological polar surface area (TPSA) is 41.9 Å². The largest absolute Gasteiger partial charge is 0.340 e. The number of pyridine rings is 1. The van der Waals surface area contributed by atoms with Gasteiger partial charge in [0.05, 0.1) is 6.04 Å². The van der Waals surface area contributed by atoms with Gasteiger partial charge in [0.25, 0.3) is 0 Å². The van der Waals surface area contributed by atoms with Gasteiger partial charge in [0.1, 0.15) is 5.69 Å². The highest BCUT2D eigenvalue weighted by Gasteiger charge is 2.30. The smallest absolute Gasteiger partial charge is 0.209 e. The average Bonchev–Trinajstić information content (AvgIpc) is 3.25. The number of anilines is 1. The van der Waals surface area contributed by atoms with Gasteiger partial charge >= 0.3 is 0 Å². The molecule has 2 aromatic heterocycles. The van der Waals surface area contributed by atoms with Crippen molar-refractivity contribution in [2.24, 2.45) is 0 Å². The first kappa shape index (κ1) is 14.6. The van der Waals surface area contributed by atoms with Crippen LogP contribution in [-0.2, 0) is 0 Å². The molecule has 0 amide bonds. The molecule has 3 aromatic rings. The van der Waals surface area contributed by atoms with Gasteiger partial charge in [0.15, 0.2) is 5.01 Å². The third-order valence-electron chi connectivity index (χ3n) is 4.06. The van der Waals surface area contributed by atoms with Crippen LogP contribution in [0.15, 0.2) is 48.7 Å². The quantitative estimate of drug-likeness (QED) is 0.697. The third-order valence-corrected chi connectivity index (χ3v) is 5.39. The molecule has 0 spiro atoms. The first-order chi connectivity index (χ1) is 11.3. The molecule has 1 fully saturated rings. The van der Waals surface area contributed by atoms with Gasteiger partial charge in [0.2, 0.25) is 5.13 Å². The van der Waals surface area contributed by atoms with Gasteiger partial charge < -0.3 is 4.90 Å². The summed E-state index contributed by atoms with van der Waals surface area (Å²) >= 11 is 7.97. The zero-order valence-electron chi connectivity index (χ0n) is 12.4. The van der Waals surface area contributed by atoms with Crippen LogP contribution in [0.4, 0.5) is 5.13 Å². The van der Waals surface area contributed by atoms with Crippen LogP contribution < -0.4 is 4.90 Å². The number of rotatable bonds is 3. The average molecular weight is 343 g/mol. The molecule has 1 aromatic carbocycles. The lowest BCUT2D eigenvalue weighted by Crippen LogP contribution is -2.22. The number of nitrogens with zero attached hydrogens (tertiary/aromatic N) is 4. The highest BCUT2D eigenvalue weighted by Crippen LogP contribution is 2.40. The Morgan fingerprint density at radius 2 is 1.96 bits per heavy atom. The van der Waals surface area contributed by atoms with E-state index in [0.29, 0.717) is 0 Å². The van der Waals surface area contributed by atoms with Crippen LogP contribution in [0, 0.1) is 0 Å². The zero-order chi connectivity index (χ0) is 15.6. The minimum Gasteiger partial charge on any atom is -0.340 e. The summed E-state index contributed by atoms with van der Waals surface area (Å²) in [6.45, 7) is 0.979.